The molecule has 0 saturated heterocycles. The Morgan fingerprint density at radius 2 is 2.19 bits per heavy atom. The third-order valence-corrected chi connectivity index (χ3v) is 5.11. The fourth-order valence-electron chi connectivity index (χ4n) is 3.95. The van der Waals surface area contributed by atoms with E-state index in [0.717, 1.165) is 28.9 Å². The van der Waals surface area contributed by atoms with Gasteiger partial charge < -0.3 is 9.88 Å². The van der Waals surface area contributed by atoms with E-state index in [1.807, 2.05) is 42.1 Å². The number of hydrogen-bond acceptors (Lipinski definition) is 1. The Morgan fingerprint density at radius 1 is 1.29 bits per heavy atom. The summed E-state index contributed by atoms with van der Waals surface area (Å²) in [6.07, 6.45) is 9.20. The van der Waals surface area contributed by atoms with Crippen LogP contribution in [0.25, 0.3) is 10.9 Å². The van der Waals surface area contributed by atoms with Crippen LogP contribution in [0.5, 0.6) is 0 Å². The SMILES string of the molecule is Cn1ccc2c(C(=O)NC[C@@H]3C[C@@H]4C=C[C@H]3C4)cccc21. The third kappa shape index (κ3) is 2.08. The maximum atomic E-state index is 12.5. The van der Waals surface area contributed by atoms with Gasteiger partial charge >= 0.3 is 0 Å². The van der Waals surface area contributed by atoms with Crippen molar-refractivity contribution in [3.8, 4) is 0 Å². The Hall–Kier alpha value is -2.03. The summed E-state index contributed by atoms with van der Waals surface area (Å²) in [7, 11) is 2.01. The molecule has 1 saturated carbocycles. The van der Waals surface area contributed by atoms with Gasteiger partial charge in [0, 0.05) is 36.3 Å². The van der Waals surface area contributed by atoms with Crippen molar-refractivity contribution in [3.63, 3.8) is 0 Å². The van der Waals surface area contributed by atoms with Gasteiger partial charge in [-0.2, -0.15) is 0 Å². The van der Waals surface area contributed by atoms with Crippen LogP contribution in [0.3, 0.4) is 0 Å². The molecule has 108 valence electrons. The number of nitrogens with zero attached hydrogens (tertiary/aromatic N) is 1. The van der Waals surface area contributed by atoms with E-state index in [-0.39, 0.29) is 5.91 Å². The standard InChI is InChI=1S/C18H20N2O/c1-20-8-7-15-16(3-2-4-17(15)20)18(21)19-11-14-10-12-5-6-13(14)9-12/h2-8,12-14H,9-11H2,1H3,(H,19,21)/t12-,13+,14+/m1/s1. The van der Waals surface area contributed by atoms with Gasteiger partial charge in [-0.3, -0.25) is 4.79 Å². The lowest BCUT2D eigenvalue weighted by Crippen LogP contribution is -2.31. The van der Waals surface area contributed by atoms with Crippen LogP contribution in [0.1, 0.15) is 23.2 Å². The lowest BCUT2D eigenvalue weighted by molar-refractivity contribution is 0.0946. The topological polar surface area (TPSA) is 34.0 Å². The van der Waals surface area contributed by atoms with Crippen molar-refractivity contribution in [2.24, 2.45) is 24.8 Å². The fourth-order valence-corrected chi connectivity index (χ4v) is 3.95. The van der Waals surface area contributed by atoms with E-state index in [1.165, 1.54) is 12.8 Å². The molecule has 3 atom stereocenters. The van der Waals surface area contributed by atoms with E-state index in [1.54, 1.807) is 0 Å². The van der Waals surface area contributed by atoms with Crippen molar-refractivity contribution >= 4 is 16.8 Å². The van der Waals surface area contributed by atoms with Gasteiger partial charge in [-0.15, -0.1) is 0 Å². The van der Waals surface area contributed by atoms with Crippen LogP contribution in [0, 0.1) is 17.8 Å². The highest BCUT2D eigenvalue weighted by molar-refractivity contribution is 6.06. The average molecular weight is 280 g/mol. The van der Waals surface area contributed by atoms with Crippen LogP contribution in [0.2, 0.25) is 0 Å². The first kappa shape index (κ1) is 12.7. The van der Waals surface area contributed by atoms with Gasteiger partial charge in [0.1, 0.15) is 0 Å². The third-order valence-electron chi connectivity index (χ3n) is 5.11. The van der Waals surface area contributed by atoms with Crippen molar-refractivity contribution in [2.45, 2.75) is 12.8 Å². The number of aryl methyl sites for hydroxylation is 1. The number of fused-ring (bicyclic) bond motifs is 3. The van der Waals surface area contributed by atoms with Crippen molar-refractivity contribution in [1.29, 1.82) is 0 Å². The van der Waals surface area contributed by atoms with Crippen LogP contribution >= 0.6 is 0 Å². The van der Waals surface area contributed by atoms with Gasteiger partial charge in [0.05, 0.1) is 0 Å². The number of allylic oxidation sites excluding steroid dienone is 2. The molecule has 2 bridgehead atoms. The van der Waals surface area contributed by atoms with E-state index < -0.39 is 0 Å². The number of aromatic nitrogens is 1. The van der Waals surface area contributed by atoms with E-state index in [0.29, 0.717) is 11.8 Å². The summed E-state index contributed by atoms with van der Waals surface area (Å²) < 4.78 is 2.05. The molecule has 4 rings (SSSR count). The molecule has 0 aliphatic heterocycles. The van der Waals surface area contributed by atoms with Crippen LogP contribution in [0.4, 0.5) is 0 Å². The number of rotatable bonds is 3. The zero-order valence-corrected chi connectivity index (χ0v) is 12.3. The lowest BCUT2D eigenvalue weighted by Gasteiger charge is -2.18. The summed E-state index contributed by atoms with van der Waals surface area (Å²) in [5.74, 6) is 2.12. The quantitative estimate of drug-likeness (QED) is 0.861. The van der Waals surface area contributed by atoms with Crippen molar-refractivity contribution in [1.82, 2.24) is 9.88 Å². The molecule has 21 heavy (non-hydrogen) atoms. The molecule has 2 aliphatic rings. The average Bonchev–Trinajstić information content (AvgIpc) is 3.20. The maximum Gasteiger partial charge on any atom is 0.251 e. The first-order valence-electron chi connectivity index (χ1n) is 7.73. The van der Waals surface area contributed by atoms with Gasteiger partial charge in [-0.05, 0) is 48.8 Å². The Labute approximate surface area is 124 Å². The van der Waals surface area contributed by atoms with Gasteiger partial charge in [0.15, 0.2) is 0 Å². The highest BCUT2D eigenvalue weighted by atomic mass is 16.1. The number of benzene rings is 1. The molecule has 3 heteroatoms. The maximum absolute atomic E-state index is 12.5. The second-order valence-corrected chi connectivity index (χ2v) is 6.42. The molecule has 0 radical (unpaired) electrons. The first-order valence-corrected chi connectivity index (χ1v) is 7.73. The van der Waals surface area contributed by atoms with Gasteiger partial charge in [0.2, 0.25) is 0 Å². The van der Waals surface area contributed by atoms with Crippen molar-refractivity contribution < 1.29 is 4.79 Å². The smallest absolute Gasteiger partial charge is 0.251 e. The lowest BCUT2D eigenvalue weighted by atomic mass is 9.93. The minimum absolute atomic E-state index is 0.0542. The van der Waals surface area contributed by atoms with Gasteiger partial charge in [0.25, 0.3) is 5.91 Å². The largest absolute Gasteiger partial charge is 0.352 e. The number of nitrogens with one attached hydrogen (secondary N) is 1. The summed E-state index contributed by atoms with van der Waals surface area (Å²) >= 11 is 0. The van der Waals surface area contributed by atoms with Crippen LogP contribution in [0.15, 0.2) is 42.6 Å². The molecule has 1 amide bonds. The molecule has 1 aromatic carbocycles. The number of amides is 1. The Kier molecular flexibility index (Phi) is 2.88. The molecule has 1 aromatic heterocycles. The van der Waals surface area contributed by atoms with E-state index in [4.69, 9.17) is 0 Å². The highest BCUT2D eigenvalue weighted by Crippen LogP contribution is 2.42. The summed E-state index contributed by atoms with van der Waals surface area (Å²) in [6, 6.07) is 7.94. The summed E-state index contributed by atoms with van der Waals surface area (Å²) in [5.41, 5.74) is 1.89. The Balaban J connectivity index is 1.50. The predicted molar refractivity (Wildman–Crippen MR) is 84.1 cm³/mol. The molecular formula is C18H20N2O. The molecule has 3 nitrogen and oxygen atoms in total. The monoisotopic (exact) mass is 280 g/mol. The molecule has 2 aliphatic carbocycles. The molecule has 1 heterocycles. The number of hydrogen-bond donors (Lipinski definition) is 1. The Bertz CT molecular complexity index is 728. The molecule has 2 aromatic rings. The Morgan fingerprint density at radius 3 is 2.95 bits per heavy atom. The second kappa shape index (κ2) is 4.76. The first-order chi connectivity index (χ1) is 10.2. The summed E-state index contributed by atoms with van der Waals surface area (Å²) in [4.78, 5) is 12.5. The van der Waals surface area contributed by atoms with Gasteiger partial charge in [-0.25, -0.2) is 0 Å². The zero-order chi connectivity index (χ0) is 14.4. The minimum Gasteiger partial charge on any atom is -0.352 e. The van der Waals surface area contributed by atoms with Crippen LogP contribution < -0.4 is 5.32 Å². The van der Waals surface area contributed by atoms with Crippen LogP contribution in [-0.4, -0.2) is 17.0 Å². The molecule has 0 unspecified atom stereocenters. The molecule has 0 spiro atoms. The zero-order valence-electron chi connectivity index (χ0n) is 12.3. The van der Waals surface area contributed by atoms with E-state index in [2.05, 4.69) is 17.5 Å². The number of carbonyl (C=O) groups is 1. The second-order valence-electron chi connectivity index (χ2n) is 6.42. The van der Waals surface area contributed by atoms with Crippen molar-refractivity contribution in [2.75, 3.05) is 6.54 Å². The summed E-state index contributed by atoms with van der Waals surface area (Å²) in [5, 5.41) is 4.18. The molecule has 1 N–H and O–H groups in total. The highest BCUT2D eigenvalue weighted by Gasteiger charge is 2.35. The molecular weight excluding hydrogens is 260 g/mol. The number of carbonyl (C=O) groups excluding carboxylic acids is 1. The fraction of sp³-hybridized carbons (Fsp3) is 0.389. The summed E-state index contributed by atoms with van der Waals surface area (Å²) in [6.45, 7) is 0.799. The van der Waals surface area contributed by atoms with E-state index >= 15 is 0 Å². The van der Waals surface area contributed by atoms with Crippen LogP contribution in [-0.2, 0) is 7.05 Å². The van der Waals surface area contributed by atoms with Crippen molar-refractivity contribution in [3.05, 3.63) is 48.2 Å². The molecule has 1 fully saturated rings. The normalized spacial score (nSPS) is 26.6. The van der Waals surface area contributed by atoms with Gasteiger partial charge in [-0.1, -0.05) is 18.2 Å². The predicted octanol–water partition coefficient (Wildman–Crippen LogP) is 3.12. The van der Waals surface area contributed by atoms with E-state index in [9.17, 15) is 4.79 Å². The minimum atomic E-state index is 0.0542.